The van der Waals surface area contributed by atoms with Crippen LogP contribution in [-0.4, -0.2) is 25.1 Å². The highest BCUT2D eigenvalue weighted by atomic mass is 15.1. The van der Waals surface area contributed by atoms with E-state index in [0.29, 0.717) is 17.5 Å². The topological polar surface area (TPSA) is 67.3 Å². The van der Waals surface area contributed by atoms with Gasteiger partial charge >= 0.3 is 0 Å². The third-order valence-corrected chi connectivity index (χ3v) is 6.87. The molecule has 0 spiro atoms. The van der Waals surface area contributed by atoms with Crippen molar-refractivity contribution in [1.29, 1.82) is 0 Å². The summed E-state index contributed by atoms with van der Waals surface area (Å²) in [7, 11) is 0. The predicted molar refractivity (Wildman–Crippen MR) is 157 cm³/mol. The molecule has 7 aromatic rings. The maximum Gasteiger partial charge on any atom is 0.164 e. The Kier molecular flexibility index (Phi) is 5.72. The van der Waals surface area contributed by atoms with Crippen LogP contribution < -0.4 is 0 Å². The van der Waals surface area contributed by atoms with Crippen molar-refractivity contribution in [1.82, 2.24) is 25.1 Å². The lowest BCUT2D eigenvalue weighted by Crippen LogP contribution is -2.01. The lowest BCUT2D eigenvalue weighted by molar-refractivity contribution is 1.07. The molecule has 5 nitrogen and oxygen atoms in total. The molecule has 2 heterocycles. The number of H-pyrrole nitrogens is 1. The van der Waals surface area contributed by atoms with E-state index in [1.165, 1.54) is 0 Å². The van der Waals surface area contributed by atoms with Gasteiger partial charge in [-0.1, -0.05) is 115 Å². The third-order valence-electron chi connectivity index (χ3n) is 6.87. The number of hydrogen-bond acceptors (Lipinski definition) is 4. The first-order valence-corrected chi connectivity index (χ1v) is 12.8. The quantitative estimate of drug-likeness (QED) is 0.259. The van der Waals surface area contributed by atoms with Gasteiger partial charge in [-0.05, 0) is 28.0 Å². The molecular formula is C34H23N5. The summed E-state index contributed by atoms with van der Waals surface area (Å²) in [4.78, 5) is 14.9. The first kappa shape index (κ1) is 22.8. The number of hydrogen-bond donors (Lipinski definition) is 1. The molecule has 0 fully saturated rings. The Balaban J connectivity index is 1.47. The zero-order valence-corrected chi connectivity index (χ0v) is 21.0. The van der Waals surface area contributed by atoms with E-state index in [1.54, 1.807) is 0 Å². The van der Waals surface area contributed by atoms with E-state index >= 15 is 0 Å². The number of nitrogens with zero attached hydrogens (tertiary/aromatic N) is 4. The minimum atomic E-state index is 0.641. The molecule has 0 amide bonds. The summed E-state index contributed by atoms with van der Waals surface area (Å²) in [6, 6.07) is 41.4. The van der Waals surface area contributed by atoms with Gasteiger partial charge in [0.05, 0.1) is 6.20 Å². The van der Waals surface area contributed by atoms with Gasteiger partial charge in [-0.3, -0.25) is 5.10 Å². The molecule has 0 saturated heterocycles. The van der Waals surface area contributed by atoms with Gasteiger partial charge in [0.2, 0.25) is 0 Å². The van der Waals surface area contributed by atoms with E-state index < -0.39 is 0 Å². The SMILES string of the molecule is c1ccc(-c2nc(-c3ccccc3)nc(-c3ccc4ccccc4c3-c3ccc(-c4cn[nH]c4)cc3)n2)cc1. The van der Waals surface area contributed by atoms with Crippen LogP contribution in [0.1, 0.15) is 0 Å². The van der Waals surface area contributed by atoms with Crippen molar-refractivity contribution >= 4 is 10.8 Å². The molecule has 0 aliphatic rings. The summed E-state index contributed by atoms with van der Waals surface area (Å²) in [5.74, 6) is 1.94. The molecule has 0 saturated carbocycles. The van der Waals surface area contributed by atoms with Crippen LogP contribution >= 0.6 is 0 Å². The molecule has 0 radical (unpaired) electrons. The molecule has 0 bridgehead atoms. The van der Waals surface area contributed by atoms with Crippen LogP contribution in [0.2, 0.25) is 0 Å². The smallest absolute Gasteiger partial charge is 0.164 e. The first-order valence-electron chi connectivity index (χ1n) is 12.8. The molecule has 2 aromatic heterocycles. The van der Waals surface area contributed by atoms with Gasteiger partial charge in [0, 0.05) is 34.0 Å². The second kappa shape index (κ2) is 9.80. The Morgan fingerprint density at radius 3 is 1.67 bits per heavy atom. The Bertz CT molecular complexity index is 1820. The van der Waals surface area contributed by atoms with Crippen molar-refractivity contribution in [2.24, 2.45) is 0 Å². The number of nitrogens with one attached hydrogen (secondary N) is 1. The monoisotopic (exact) mass is 501 g/mol. The van der Waals surface area contributed by atoms with Crippen molar-refractivity contribution in [3.8, 4) is 56.4 Å². The normalized spacial score (nSPS) is 11.1. The predicted octanol–water partition coefficient (Wildman–Crippen LogP) is 8.08. The maximum absolute atomic E-state index is 5.02. The molecule has 7 rings (SSSR count). The summed E-state index contributed by atoms with van der Waals surface area (Å²) in [5, 5.41) is 9.30. The number of benzene rings is 5. The Hall–Kier alpha value is -5.42. The second-order valence-electron chi connectivity index (χ2n) is 9.31. The van der Waals surface area contributed by atoms with Gasteiger partial charge in [0.1, 0.15) is 0 Å². The number of fused-ring (bicyclic) bond motifs is 1. The highest BCUT2D eigenvalue weighted by molar-refractivity contribution is 6.03. The molecule has 0 atom stereocenters. The van der Waals surface area contributed by atoms with Crippen LogP contribution in [0, 0.1) is 0 Å². The van der Waals surface area contributed by atoms with Crippen molar-refractivity contribution in [2.45, 2.75) is 0 Å². The summed E-state index contributed by atoms with van der Waals surface area (Å²) < 4.78 is 0. The Morgan fingerprint density at radius 2 is 1.03 bits per heavy atom. The fourth-order valence-electron chi connectivity index (χ4n) is 4.94. The van der Waals surface area contributed by atoms with E-state index in [0.717, 1.165) is 49.7 Å². The summed E-state index contributed by atoms with van der Waals surface area (Å²) in [5.41, 5.74) is 7.20. The standard InChI is InChI=1S/C34H23N5/c1-3-10-26(11-4-1)32-37-33(27-12-5-2-6-13-27)39-34(38-32)30-20-19-24-9-7-8-14-29(24)31(30)25-17-15-23(16-18-25)28-21-35-36-22-28/h1-22H,(H,35,36). The fourth-order valence-corrected chi connectivity index (χ4v) is 4.94. The van der Waals surface area contributed by atoms with E-state index in [9.17, 15) is 0 Å². The van der Waals surface area contributed by atoms with Gasteiger partial charge in [-0.15, -0.1) is 0 Å². The van der Waals surface area contributed by atoms with E-state index in [2.05, 4.69) is 70.9 Å². The third kappa shape index (κ3) is 4.36. The van der Waals surface area contributed by atoms with Crippen LogP contribution in [0.25, 0.3) is 67.2 Å². The lowest BCUT2D eigenvalue weighted by atomic mass is 9.92. The van der Waals surface area contributed by atoms with Gasteiger partial charge < -0.3 is 0 Å². The van der Waals surface area contributed by atoms with E-state index in [1.807, 2.05) is 73.1 Å². The van der Waals surface area contributed by atoms with Crippen molar-refractivity contribution in [3.05, 3.63) is 134 Å². The first-order chi connectivity index (χ1) is 19.3. The molecule has 0 aliphatic carbocycles. The van der Waals surface area contributed by atoms with Gasteiger partial charge in [0.25, 0.3) is 0 Å². The minimum Gasteiger partial charge on any atom is -0.285 e. The maximum atomic E-state index is 5.02. The molecule has 39 heavy (non-hydrogen) atoms. The molecular weight excluding hydrogens is 478 g/mol. The van der Waals surface area contributed by atoms with Crippen LogP contribution in [0.4, 0.5) is 0 Å². The lowest BCUT2D eigenvalue weighted by Gasteiger charge is -2.15. The molecule has 1 N–H and O–H groups in total. The zero-order valence-electron chi connectivity index (χ0n) is 21.0. The molecule has 184 valence electrons. The molecule has 5 aromatic carbocycles. The molecule has 0 aliphatic heterocycles. The minimum absolute atomic E-state index is 0.641. The largest absolute Gasteiger partial charge is 0.285 e. The highest BCUT2D eigenvalue weighted by Gasteiger charge is 2.18. The number of aromatic amines is 1. The Morgan fingerprint density at radius 1 is 0.436 bits per heavy atom. The van der Waals surface area contributed by atoms with E-state index in [-0.39, 0.29) is 0 Å². The highest BCUT2D eigenvalue weighted by Crippen LogP contribution is 2.38. The molecule has 0 unspecified atom stereocenters. The fraction of sp³-hybridized carbons (Fsp3) is 0. The summed E-state index contributed by atoms with van der Waals surface area (Å²) in [6.07, 6.45) is 3.73. The zero-order chi connectivity index (χ0) is 26.0. The van der Waals surface area contributed by atoms with Crippen LogP contribution in [0.3, 0.4) is 0 Å². The average molecular weight is 502 g/mol. The van der Waals surface area contributed by atoms with Crippen molar-refractivity contribution < 1.29 is 0 Å². The summed E-state index contributed by atoms with van der Waals surface area (Å²) >= 11 is 0. The summed E-state index contributed by atoms with van der Waals surface area (Å²) in [6.45, 7) is 0. The van der Waals surface area contributed by atoms with Crippen LogP contribution in [0.5, 0.6) is 0 Å². The van der Waals surface area contributed by atoms with E-state index in [4.69, 9.17) is 15.0 Å². The Labute approximate surface area is 225 Å². The van der Waals surface area contributed by atoms with Gasteiger partial charge in [0.15, 0.2) is 17.5 Å². The van der Waals surface area contributed by atoms with Crippen molar-refractivity contribution in [3.63, 3.8) is 0 Å². The number of aromatic nitrogens is 5. The molecule has 5 heteroatoms. The van der Waals surface area contributed by atoms with Crippen molar-refractivity contribution in [2.75, 3.05) is 0 Å². The second-order valence-corrected chi connectivity index (χ2v) is 9.31. The van der Waals surface area contributed by atoms with Crippen LogP contribution in [0.15, 0.2) is 134 Å². The number of rotatable bonds is 5. The van der Waals surface area contributed by atoms with Crippen LogP contribution in [-0.2, 0) is 0 Å². The van der Waals surface area contributed by atoms with Gasteiger partial charge in [-0.2, -0.15) is 5.10 Å². The average Bonchev–Trinajstić information content (AvgIpc) is 3.57. The van der Waals surface area contributed by atoms with Gasteiger partial charge in [-0.25, -0.2) is 15.0 Å².